The summed E-state index contributed by atoms with van der Waals surface area (Å²) in [6.45, 7) is 4.78. The molecule has 0 heterocycles. The lowest BCUT2D eigenvalue weighted by atomic mass is 9.63. The molecule has 4 rings (SSSR count). The second-order valence-electron chi connectivity index (χ2n) is 12.1. The van der Waals surface area contributed by atoms with Crippen molar-refractivity contribution in [2.24, 2.45) is 47.3 Å². The van der Waals surface area contributed by atoms with Crippen molar-refractivity contribution < 1.29 is 0 Å². The summed E-state index contributed by atoms with van der Waals surface area (Å²) in [6.07, 6.45) is 29.6. The fourth-order valence-corrected chi connectivity index (χ4v) is 8.60. The van der Waals surface area contributed by atoms with E-state index in [1.54, 1.807) is 103 Å². The molecule has 4 aliphatic rings. The summed E-state index contributed by atoms with van der Waals surface area (Å²) in [5.74, 6) is 8.81. The van der Waals surface area contributed by atoms with Crippen LogP contribution in [0.4, 0.5) is 0 Å². The molecule has 0 aromatic carbocycles. The van der Waals surface area contributed by atoms with Crippen LogP contribution >= 0.6 is 0 Å². The van der Waals surface area contributed by atoms with Gasteiger partial charge in [-0.2, -0.15) is 0 Å². The summed E-state index contributed by atoms with van der Waals surface area (Å²) < 4.78 is 0. The van der Waals surface area contributed by atoms with E-state index in [2.05, 4.69) is 13.8 Å². The largest absolute Gasteiger partial charge is 0.0654 e. The zero-order chi connectivity index (χ0) is 20.1. The lowest BCUT2D eigenvalue weighted by molar-refractivity contribution is 0.0852. The molecule has 4 saturated carbocycles. The van der Waals surface area contributed by atoms with Crippen molar-refractivity contribution in [1.82, 2.24) is 0 Å². The maximum absolute atomic E-state index is 2.41. The maximum Gasteiger partial charge on any atom is -0.0386 e. The highest BCUT2D eigenvalue weighted by atomic mass is 14.4. The van der Waals surface area contributed by atoms with E-state index in [0.29, 0.717) is 0 Å². The Morgan fingerprint density at radius 2 is 0.655 bits per heavy atom. The van der Waals surface area contributed by atoms with E-state index in [0.717, 1.165) is 47.3 Å². The lowest BCUT2D eigenvalue weighted by Crippen LogP contribution is -2.31. The van der Waals surface area contributed by atoms with Gasteiger partial charge < -0.3 is 0 Å². The van der Waals surface area contributed by atoms with Crippen molar-refractivity contribution in [3.8, 4) is 0 Å². The highest BCUT2D eigenvalue weighted by molar-refractivity contribution is 4.87. The van der Waals surface area contributed by atoms with Gasteiger partial charge in [-0.1, -0.05) is 58.8 Å². The molecule has 0 saturated heterocycles. The van der Waals surface area contributed by atoms with Crippen LogP contribution in [0.25, 0.3) is 0 Å². The molecule has 0 nitrogen and oxygen atoms in total. The van der Waals surface area contributed by atoms with E-state index in [4.69, 9.17) is 0 Å². The molecular formula is C29H52. The predicted molar refractivity (Wildman–Crippen MR) is 127 cm³/mol. The minimum absolute atomic E-state index is 1.07. The van der Waals surface area contributed by atoms with Crippen LogP contribution in [0.15, 0.2) is 0 Å². The maximum atomic E-state index is 2.41. The molecule has 0 amide bonds. The normalized spacial score (nSPS) is 44.5. The molecule has 0 bridgehead atoms. The van der Waals surface area contributed by atoms with Crippen LogP contribution in [-0.4, -0.2) is 0 Å². The minimum atomic E-state index is 1.07. The minimum Gasteiger partial charge on any atom is -0.0654 e. The first-order valence-corrected chi connectivity index (χ1v) is 14.3. The van der Waals surface area contributed by atoms with E-state index < -0.39 is 0 Å². The second-order valence-corrected chi connectivity index (χ2v) is 12.1. The van der Waals surface area contributed by atoms with Crippen LogP contribution in [-0.2, 0) is 0 Å². The lowest BCUT2D eigenvalue weighted by Gasteiger charge is -2.43. The summed E-state index contributed by atoms with van der Waals surface area (Å²) >= 11 is 0. The Morgan fingerprint density at radius 3 is 0.931 bits per heavy atom. The molecule has 0 aromatic rings. The van der Waals surface area contributed by atoms with Gasteiger partial charge in [0.05, 0.1) is 0 Å². The van der Waals surface area contributed by atoms with Gasteiger partial charge in [-0.05, 0) is 124 Å². The molecule has 0 aliphatic heterocycles. The SMILES string of the molecule is CCCC1CCC(C2CCC(C3CCC(C4CCC(CC)CC4)CC3)CC2)CC1. The van der Waals surface area contributed by atoms with Crippen LogP contribution in [0.2, 0.25) is 0 Å². The number of hydrogen-bond donors (Lipinski definition) is 0. The Kier molecular flexibility index (Phi) is 8.45. The molecule has 168 valence electrons. The van der Waals surface area contributed by atoms with Gasteiger partial charge in [-0.3, -0.25) is 0 Å². The van der Waals surface area contributed by atoms with Gasteiger partial charge in [0.2, 0.25) is 0 Å². The van der Waals surface area contributed by atoms with E-state index in [1.807, 2.05) is 0 Å². The standard InChI is InChI=1S/C29H52/c1-3-5-23-8-12-25(13-9-23)27-16-20-29(21-17-27)28-18-14-26(15-19-28)24-10-6-22(4-2)7-11-24/h22-29H,3-21H2,1-2H3. The Morgan fingerprint density at radius 1 is 0.379 bits per heavy atom. The summed E-state index contributed by atoms with van der Waals surface area (Å²) in [5, 5.41) is 0. The van der Waals surface area contributed by atoms with Gasteiger partial charge >= 0.3 is 0 Å². The van der Waals surface area contributed by atoms with Crippen LogP contribution in [0.1, 0.15) is 136 Å². The van der Waals surface area contributed by atoms with Gasteiger partial charge in [-0.15, -0.1) is 0 Å². The number of rotatable bonds is 6. The zero-order valence-corrected chi connectivity index (χ0v) is 20.1. The van der Waals surface area contributed by atoms with E-state index in [-0.39, 0.29) is 0 Å². The molecule has 0 radical (unpaired) electrons. The van der Waals surface area contributed by atoms with Crippen molar-refractivity contribution in [2.75, 3.05) is 0 Å². The predicted octanol–water partition coefficient (Wildman–Crippen LogP) is 9.42. The molecule has 0 spiro atoms. The van der Waals surface area contributed by atoms with E-state index >= 15 is 0 Å². The second kappa shape index (κ2) is 11.0. The van der Waals surface area contributed by atoms with Gasteiger partial charge in [0.1, 0.15) is 0 Å². The van der Waals surface area contributed by atoms with Crippen molar-refractivity contribution in [2.45, 2.75) is 136 Å². The van der Waals surface area contributed by atoms with Crippen LogP contribution in [0.3, 0.4) is 0 Å². The highest BCUT2D eigenvalue weighted by Gasteiger charge is 2.36. The average molecular weight is 401 g/mol. The number of hydrogen-bond acceptors (Lipinski definition) is 0. The van der Waals surface area contributed by atoms with E-state index in [1.165, 1.54) is 19.3 Å². The highest BCUT2D eigenvalue weighted by Crippen LogP contribution is 2.48. The van der Waals surface area contributed by atoms with Gasteiger partial charge in [0.25, 0.3) is 0 Å². The molecule has 29 heavy (non-hydrogen) atoms. The fourth-order valence-electron chi connectivity index (χ4n) is 8.60. The Hall–Kier alpha value is 0. The van der Waals surface area contributed by atoms with Crippen molar-refractivity contribution >= 4 is 0 Å². The van der Waals surface area contributed by atoms with Gasteiger partial charge in [-0.25, -0.2) is 0 Å². The Bertz CT molecular complexity index is 435. The van der Waals surface area contributed by atoms with Crippen LogP contribution in [0, 0.1) is 47.3 Å². The first-order valence-electron chi connectivity index (χ1n) is 14.3. The summed E-state index contributed by atoms with van der Waals surface area (Å²) in [4.78, 5) is 0. The van der Waals surface area contributed by atoms with Crippen molar-refractivity contribution in [3.63, 3.8) is 0 Å². The van der Waals surface area contributed by atoms with E-state index in [9.17, 15) is 0 Å². The molecule has 4 aliphatic carbocycles. The van der Waals surface area contributed by atoms with Crippen LogP contribution in [0.5, 0.6) is 0 Å². The van der Waals surface area contributed by atoms with Crippen molar-refractivity contribution in [3.05, 3.63) is 0 Å². The third-order valence-electron chi connectivity index (χ3n) is 10.7. The Labute approximate surface area is 183 Å². The van der Waals surface area contributed by atoms with Crippen molar-refractivity contribution in [1.29, 1.82) is 0 Å². The summed E-state index contributed by atoms with van der Waals surface area (Å²) in [6, 6.07) is 0. The fraction of sp³-hybridized carbons (Fsp3) is 1.00. The quantitative estimate of drug-likeness (QED) is 0.416. The molecule has 0 heteroatoms. The van der Waals surface area contributed by atoms with Gasteiger partial charge in [0.15, 0.2) is 0 Å². The average Bonchev–Trinajstić information content (AvgIpc) is 2.80. The zero-order valence-electron chi connectivity index (χ0n) is 20.1. The first-order chi connectivity index (χ1) is 14.3. The molecule has 0 unspecified atom stereocenters. The topological polar surface area (TPSA) is 0 Å². The summed E-state index contributed by atoms with van der Waals surface area (Å²) in [5.41, 5.74) is 0. The third kappa shape index (κ3) is 5.83. The first kappa shape index (κ1) is 22.2. The van der Waals surface area contributed by atoms with Crippen LogP contribution < -0.4 is 0 Å². The smallest absolute Gasteiger partial charge is 0.0386 e. The summed E-state index contributed by atoms with van der Waals surface area (Å²) in [7, 11) is 0. The third-order valence-corrected chi connectivity index (χ3v) is 10.7. The molecule has 0 aromatic heterocycles. The monoisotopic (exact) mass is 400 g/mol. The molecule has 4 fully saturated rings. The molecule has 0 N–H and O–H groups in total. The molecular weight excluding hydrogens is 348 g/mol. The van der Waals surface area contributed by atoms with Gasteiger partial charge in [0, 0.05) is 0 Å². The molecule has 0 atom stereocenters. The Balaban J connectivity index is 1.14.